The molecule has 1 aromatic carbocycles. The van der Waals surface area contributed by atoms with Crippen LogP contribution in [0.1, 0.15) is 13.8 Å². The lowest BCUT2D eigenvalue weighted by Gasteiger charge is -2.15. The monoisotopic (exact) mass is 440 g/mol. The van der Waals surface area contributed by atoms with E-state index in [0.717, 1.165) is 25.7 Å². The third kappa shape index (κ3) is 4.64. The third-order valence-corrected chi connectivity index (χ3v) is 4.11. The molecule has 1 unspecified atom stereocenters. The first-order valence-corrected chi connectivity index (χ1v) is 7.99. The Hall–Kier alpha value is 0.0900. The lowest BCUT2D eigenvalue weighted by Crippen LogP contribution is -2.30. The van der Waals surface area contributed by atoms with Crippen LogP contribution in [0.25, 0.3) is 0 Å². The van der Waals surface area contributed by atoms with E-state index >= 15 is 0 Å². The number of nitrogens with one attached hydrogen (secondary N) is 2. The van der Waals surface area contributed by atoms with Crippen molar-refractivity contribution in [1.29, 1.82) is 0 Å². The van der Waals surface area contributed by atoms with Crippen molar-refractivity contribution in [2.24, 2.45) is 5.92 Å². The molecule has 0 fully saturated rings. The number of rotatable bonds is 5. The van der Waals surface area contributed by atoms with Gasteiger partial charge in [-0.15, -0.1) is 0 Å². The highest BCUT2D eigenvalue weighted by Crippen LogP contribution is 2.34. The van der Waals surface area contributed by atoms with E-state index in [2.05, 4.69) is 58.4 Å². The molecule has 0 bridgehead atoms. The fourth-order valence-corrected chi connectivity index (χ4v) is 3.82. The van der Waals surface area contributed by atoms with Gasteiger partial charge in [0.05, 0.1) is 5.69 Å². The molecule has 100 valence electrons. The molecule has 2 N–H and O–H groups in total. The Morgan fingerprint density at radius 2 is 1.83 bits per heavy atom. The summed E-state index contributed by atoms with van der Waals surface area (Å²) in [6.45, 7) is 5.46. The zero-order valence-electron chi connectivity index (χ0n) is 10.2. The first kappa shape index (κ1) is 16.1. The van der Waals surface area contributed by atoms with Crippen LogP contribution in [0.3, 0.4) is 0 Å². The van der Waals surface area contributed by atoms with Crippen LogP contribution in [0, 0.1) is 5.92 Å². The SMILES string of the molecule is CCNCC(C)C(=O)Nc1c(Br)cc(Br)cc1Br. The molecule has 0 aliphatic heterocycles. The van der Waals surface area contributed by atoms with E-state index in [4.69, 9.17) is 0 Å². The number of hydrogen-bond donors (Lipinski definition) is 2. The maximum absolute atomic E-state index is 12.0. The van der Waals surface area contributed by atoms with E-state index in [9.17, 15) is 4.79 Å². The van der Waals surface area contributed by atoms with Gasteiger partial charge in [-0.2, -0.15) is 0 Å². The molecule has 3 nitrogen and oxygen atoms in total. The first-order valence-electron chi connectivity index (χ1n) is 5.61. The molecule has 0 radical (unpaired) electrons. The minimum Gasteiger partial charge on any atom is -0.324 e. The number of anilines is 1. The summed E-state index contributed by atoms with van der Waals surface area (Å²) in [6, 6.07) is 3.80. The molecule has 0 aliphatic carbocycles. The second-order valence-corrected chi connectivity index (χ2v) is 6.57. The van der Waals surface area contributed by atoms with Crippen LogP contribution in [0.15, 0.2) is 25.6 Å². The molecular weight excluding hydrogens is 428 g/mol. The average Bonchev–Trinajstić information content (AvgIpc) is 2.30. The maximum atomic E-state index is 12.0. The summed E-state index contributed by atoms with van der Waals surface area (Å²) in [5.41, 5.74) is 0.756. The average molecular weight is 443 g/mol. The van der Waals surface area contributed by atoms with Crippen LogP contribution in [0.4, 0.5) is 5.69 Å². The Labute approximate surface area is 132 Å². The molecule has 18 heavy (non-hydrogen) atoms. The van der Waals surface area contributed by atoms with E-state index in [1.165, 1.54) is 0 Å². The number of carbonyl (C=O) groups is 1. The molecule has 0 heterocycles. The van der Waals surface area contributed by atoms with Crippen molar-refractivity contribution in [3.05, 3.63) is 25.6 Å². The van der Waals surface area contributed by atoms with Crippen LogP contribution < -0.4 is 10.6 Å². The zero-order chi connectivity index (χ0) is 13.7. The van der Waals surface area contributed by atoms with Gasteiger partial charge < -0.3 is 10.6 Å². The minimum absolute atomic E-state index is 0.000303. The molecular formula is C12H15Br3N2O. The van der Waals surface area contributed by atoms with Crippen LogP contribution in [-0.4, -0.2) is 19.0 Å². The second kappa shape index (κ2) is 7.62. The maximum Gasteiger partial charge on any atom is 0.228 e. The van der Waals surface area contributed by atoms with Crippen molar-refractivity contribution in [1.82, 2.24) is 5.32 Å². The van der Waals surface area contributed by atoms with Gasteiger partial charge in [-0.05, 0) is 50.5 Å². The van der Waals surface area contributed by atoms with Gasteiger partial charge in [0.1, 0.15) is 0 Å². The zero-order valence-corrected chi connectivity index (χ0v) is 14.9. The smallest absolute Gasteiger partial charge is 0.228 e. The largest absolute Gasteiger partial charge is 0.324 e. The number of halogens is 3. The van der Waals surface area contributed by atoms with E-state index in [1.807, 2.05) is 26.0 Å². The van der Waals surface area contributed by atoms with Crippen LogP contribution in [0.2, 0.25) is 0 Å². The summed E-state index contributed by atoms with van der Waals surface area (Å²) in [5.74, 6) is -0.0768. The molecule has 0 saturated carbocycles. The number of benzene rings is 1. The van der Waals surface area contributed by atoms with E-state index in [0.29, 0.717) is 6.54 Å². The summed E-state index contributed by atoms with van der Waals surface area (Å²) in [6.07, 6.45) is 0. The fourth-order valence-electron chi connectivity index (χ4n) is 1.36. The number of carbonyl (C=O) groups excluding carboxylic acids is 1. The molecule has 0 aromatic heterocycles. The van der Waals surface area contributed by atoms with E-state index in [1.54, 1.807) is 0 Å². The Morgan fingerprint density at radius 3 is 2.33 bits per heavy atom. The Morgan fingerprint density at radius 1 is 1.28 bits per heavy atom. The molecule has 0 saturated heterocycles. The second-order valence-electron chi connectivity index (χ2n) is 3.94. The summed E-state index contributed by atoms with van der Waals surface area (Å²) >= 11 is 10.3. The quantitative estimate of drug-likeness (QED) is 0.719. The molecule has 0 aliphatic rings. The Balaban J connectivity index is 2.76. The van der Waals surface area contributed by atoms with E-state index < -0.39 is 0 Å². The van der Waals surface area contributed by atoms with Gasteiger partial charge in [-0.1, -0.05) is 29.8 Å². The summed E-state index contributed by atoms with van der Waals surface area (Å²) in [4.78, 5) is 12.0. The normalized spacial score (nSPS) is 12.3. The van der Waals surface area contributed by atoms with Gasteiger partial charge in [-0.25, -0.2) is 0 Å². The standard InChI is InChI=1S/C12H15Br3N2O/c1-3-16-6-7(2)12(18)17-11-9(14)4-8(13)5-10(11)15/h4-5,7,16H,3,6H2,1-2H3,(H,17,18). The Bertz CT molecular complexity index is 414. The molecule has 1 atom stereocenters. The van der Waals surface area contributed by atoms with Crippen molar-refractivity contribution in [3.63, 3.8) is 0 Å². The molecule has 6 heteroatoms. The fraction of sp³-hybridized carbons (Fsp3) is 0.417. The highest BCUT2D eigenvalue weighted by Gasteiger charge is 2.15. The van der Waals surface area contributed by atoms with Crippen molar-refractivity contribution in [2.45, 2.75) is 13.8 Å². The molecule has 1 rings (SSSR count). The third-order valence-electron chi connectivity index (χ3n) is 2.40. The summed E-state index contributed by atoms with van der Waals surface area (Å²) in [5, 5.41) is 6.08. The molecule has 1 amide bonds. The predicted octanol–water partition coefficient (Wildman–Crippen LogP) is 4.16. The van der Waals surface area contributed by atoms with Gasteiger partial charge in [0.15, 0.2) is 0 Å². The van der Waals surface area contributed by atoms with Crippen molar-refractivity contribution < 1.29 is 4.79 Å². The van der Waals surface area contributed by atoms with Gasteiger partial charge in [0, 0.05) is 25.9 Å². The molecule has 1 aromatic rings. The highest BCUT2D eigenvalue weighted by molar-refractivity contribution is 9.11. The summed E-state index contributed by atoms with van der Waals surface area (Å²) < 4.78 is 2.63. The highest BCUT2D eigenvalue weighted by atomic mass is 79.9. The number of hydrogen-bond acceptors (Lipinski definition) is 2. The minimum atomic E-state index is -0.0765. The van der Waals surface area contributed by atoms with Crippen molar-refractivity contribution in [3.8, 4) is 0 Å². The van der Waals surface area contributed by atoms with Crippen molar-refractivity contribution >= 4 is 59.4 Å². The first-order chi connectivity index (χ1) is 8.45. The van der Waals surface area contributed by atoms with Gasteiger partial charge in [0.2, 0.25) is 5.91 Å². The lowest BCUT2D eigenvalue weighted by molar-refractivity contribution is -0.119. The van der Waals surface area contributed by atoms with Gasteiger partial charge in [0.25, 0.3) is 0 Å². The summed E-state index contributed by atoms with van der Waals surface area (Å²) in [7, 11) is 0. The lowest BCUT2D eigenvalue weighted by atomic mass is 10.1. The topological polar surface area (TPSA) is 41.1 Å². The van der Waals surface area contributed by atoms with E-state index in [-0.39, 0.29) is 11.8 Å². The van der Waals surface area contributed by atoms with Crippen LogP contribution in [-0.2, 0) is 4.79 Å². The predicted molar refractivity (Wildman–Crippen MR) is 85.9 cm³/mol. The van der Waals surface area contributed by atoms with Gasteiger partial charge >= 0.3 is 0 Å². The van der Waals surface area contributed by atoms with Gasteiger partial charge in [-0.3, -0.25) is 4.79 Å². The Kier molecular flexibility index (Phi) is 6.84. The molecule has 0 spiro atoms. The van der Waals surface area contributed by atoms with Crippen LogP contribution >= 0.6 is 47.8 Å². The van der Waals surface area contributed by atoms with Crippen molar-refractivity contribution in [2.75, 3.05) is 18.4 Å². The number of amides is 1. The van der Waals surface area contributed by atoms with Crippen LogP contribution in [0.5, 0.6) is 0 Å².